The zero-order chi connectivity index (χ0) is 33.9. The number of hydrogen-bond donors (Lipinski definition) is 1. The van der Waals surface area contributed by atoms with E-state index in [1.165, 1.54) is 6.07 Å². The summed E-state index contributed by atoms with van der Waals surface area (Å²) in [6.45, 7) is 3.32. The van der Waals surface area contributed by atoms with Crippen LogP contribution in [0.2, 0.25) is 5.02 Å². The van der Waals surface area contributed by atoms with Gasteiger partial charge in [-0.2, -0.15) is 13.2 Å². The van der Waals surface area contributed by atoms with Gasteiger partial charge >= 0.3 is 6.18 Å². The third-order valence-electron chi connectivity index (χ3n) is 8.17. The van der Waals surface area contributed by atoms with Gasteiger partial charge in [-0.3, -0.25) is 14.7 Å². The fourth-order valence-electron chi connectivity index (χ4n) is 5.57. The maximum Gasteiger partial charge on any atom is 0.417 e. The van der Waals surface area contributed by atoms with Crippen LogP contribution in [-0.4, -0.2) is 35.0 Å². The van der Waals surface area contributed by atoms with Crippen molar-refractivity contribution in [1.29, 1.82) is 0 Å². The summed E-state index contributed by atoms with van der Waals surface area (Å²) in [5.41, 5.74) is 3.42. The number of nitrogens with zero attached hydrogens (tertiary/aromatic N) is 2. The average molecular weight is 672 g/mol. The van der Waals surface area contributed by atoms with Gasteiger partial charge in [0.2, 0.25) is 5.91 Å². The van der Waals surface area contributed by atoms with E-state index in [-0.39, 0.29) is 42.5 Å². The molecule has 0 bridgehead atoms. The lowest BCUT2D eigenvalue weighted by molar-refractivity contribution is -0.137. The van der Waals surface area contributed by atoms with Gasteiger partial charge in [-0.25, -0.2) is 0 Å². The molecule has 248 valence electrons. The molecule has 1 heterocycles. The SMILES string of the molecule is CC(COc1cccc(CC(=O)NCc2cccnc2)c1)N(Cc1cccc(C(F)(F)F)c1Cl)CC(c1ccccc1)c1ccccc1. The quantitative estimate of drug-likeness (QED) is 0.128. The largest absolute Gasteiger partial charge is 0.492 e. The second-order valence-electron chi connectivity index (χ2n) is 11.7. The molecule has 0 radical (unpaired) electrons. The first kappa shape index (κ1) is 34.7. The topological polar surface area (TPSA) is 54.5 Å². The molecule has 1 atom stereocenters. The Bertz CT molecular complexity index is 1720. The number of aromatic nitrogens is 1. The monoisotopic (exact) mass is 671 g/mol. The molecule has 48 heavy (non-hydrogen) atoms. The third-order valence-corrected chi connectivity index (χ3v) is 8.61. The predicted molar refractivity (Wildman–Crippen MR) is 183 cm³/mol. The van der Waals surface area contributed by atoms with E-state index in [9.17, 15) is 18.0 Å². The maximum atomic E-state index is 13.8. The number of alkyl halides is 3. The molecule has 4 aromatic carbocycles. The maximum absolute atomic E-state index is 13.8. The fraction of sp³-hybridized carbons (Fsp3) is 0.231. The van der Waals surface area contributed by atoms with Crippen LogP contribution in [0.1, 0.15) is 46.2 Å². The van der Waals surface area contributed by atoms with Crippen molar-refractivity contribution in [3.8, 4) is 5.75 Å². The molecule has 5 aromatic rings. The van der Waals surface area contributed by atoms with Gasteiger partial charge < -0.3 is 10.1 Å². The highest BCUT2D eigenvalue weighted by atomic mass is 35.5. The summed E-state index contributed by atoms with van der Waals surface area (Å²) in [5.74, 6) is 0.411. The van der Waals surface area contributed by atoms with Crippen molar-refractivity contribution in [2.24, 2.45) is 0 Å². The Balaban J connectivity index is 1.34. The summed E-state index contributed by atoms with van der Waals surface area (Å²) < 4.78 is 47.6. The summed E-state index contributed by atoms with van der Waals surface area (Å²) in [6.07, 6.45) is -0.989. The molecule has 5 nitrogen and oxygen atoms in total. The van der Waals surface area contributed by atoms with E-state index in [1.54, 1.807) is 18.5 Å². The smallest absolute Gasteiger partial charge is 0.417 e. The molecule has 5 rings (SSSR count). The van der Waals surface area contributed by atoms with E-state index < -0.39 is 11.7 Å². The highest BCUT2D eigenvalue weighted by Gasteiger charge is 2.34. The number of carbonyl (C=O) groups is 1. The Morgan fingerprint density at radius 3 is 2.19 bits per heavy atom. The third kappa shape index (κ3) is 9.69. The van der Waals surface area contributed by atoms with Gasteiger partial charge in [-0.15, -0.1) is 0 Å². The number of amides is 1. The van der Waals surface area contributed by atoms with Crippen molar-refractivity contribution in [3.63, 3.8) is 0 Å². The van der Waals surface area contributed by atoms with Crippen LogP contribution in [0, 0.1) is 0 Å². The van der Waals surface area contributed by atoms with Gasteiger partial charge in [0.15, 0.2) is 0 Å². The van der Waals surface area contributed by atoms with Crippen LogP contribution in [0.3, 0.4) is 0 Å². The molecule has 0 spiro atoms. The van der Waals surface area contributed by atoms with Gasteiger partial charge in [-0.1, -0.05) is 103 Å². The molecule has 0 aliphatic carbocycles. The Morgan fingerprint density at radius 1 is 0.875 bits per heavy atom. The van der Waals surface area contributed by atoms with Gasteiger partial charge in [0.1, 0.15) is 12.4 Å². The second kappa shape index (κ2) is 16.4. The first-order chi connectivity index (χ1) is 23.2. The van der Waals surface area contributed by atoms with Crippen molar-refractivity contribution < 1.29 is 22.7 Å². The molecule has 0 fully saturated rings. The Kier molecular flexibility index (Phi) is 11.9. The number of halogens is 4. The second-order valence-corrected chi connectivity index (χ2v) is 12.1. The molecular weight excluding hydrogens is 635 g/mol. The molecule has 0 aliphatic rings. The normalized spacial score (nSPS) is 12.2. The van der Waals surface area contributed by atoms with E-state index in [2.05, 4.69) is 39.5 Å². The van der Waals surface area contributed by atoms with E-state index in [4.69, 9.17) is 16.3 Å². The van der Waals surface area contributed by atoms with Crippen molar-refractivity contribution >= 4 is 17.5 Å². The summed E-state index contributed by atoms with van der Waals surface area (Å²) in [5, 5.41) is 2.61. The molecule has 0 aliphatic heterocycles. The first-order valence-corrected chi connectivity index (χ1v) is 16.1. The standard InChI is InChI=1S/C39H37ClF3N3O2/c1-28(27-48-34-18-8-11-29(21-34)22-37(47)45-24-30-12-10-20-44-23-30)46(25-33-17-9-19-36(38(33)40)39(41,42)43)26-35(31-13-4-2-5-14-31)32-15-6-3-7-16-32/h2-21,23,28,35H,22,24-27H2,1H3,(H,45,47). The minimum absolute atomic E-state index is 0.0621. The van der Waals surface area contributed by atoms with Crippen molar-refractivity contribution in [2.75, 3.05) is 13.2 Å². The van der Waals surface area contributed by atoms with Gasteiger partial charge in [0.25, 0.3) is 0 Å². The number of pyridine rings is 1. The summed E-state index contributed by atoms with van der Waals surface area (Å²) in [4.78, 5) is 18.8. The fourth-order valence-corrected chi connectivity index (χ4v) is 5.86. The lowest BCUT2D eigenvalue weighted by Crippen LogP contribution is -2.40. The van der Waals surface area contributed by atoms with E-state index in [0.29, 0.717) is 24.4 Å². The number of carbonyl (C=O) groups excluding carboxylic acids is 1. The molecule has 9 heteroatoms. The highest BCUT2D eigenvalue weighted by molar-refractivity contribution is 6.32. The number of rotatable bonds is 14. The molecule has 1 unspecified atom stereocenters. The van der Waals surface area contributed by atoms with E-state index in [1.807, 2.05) is 79.7 Å². The zero-order valence-corrected chi connectivity index (χ0v) is 27.3. The summed E-state index contributed by atoms with van der Waals surface area (Å²) >= 11 is 6.39. The number of hydrogen-bond acceptors (Lipinski definition) is 4. The molecule has 1 amide bonds. The number of nitrogens with one attached hydrogen (secondary N) is 1. The van der Waals surface area contributed by atoms with Gasteiger partial charge in [-0.05, 0) is 59.0 Å². The highest BCUT2D eigenvalue weighted by Crippen LogP contribution is 2.37. The van der Waals surface area contributed by atoms with Crippen LogP contribution in [0.5, 0.6) is 5.75 Å². The van der Waals surface area contributed by atoms with Crippen molar-refractivity contribution in [3.05, 3.63) is 166 Å². The molecule has 0 saturated carbocycles. The first-order valence-electron chi connectivity index (χ1n) is 15.7. The Hall–Kier alpha value is -4.66. The van der Waals surface area contributed by atoms with Crippen LogP contribution in [-0.2, 0) is 30.5 Å². The lowest BCUT2D eigenvalue weighted by atomic mass is 9.90. The van der Waals surface area contributed by atoms with E-state index >= 15 is 0 Å². The van der Waals surface area contributed by atoms with Crippen molar-refractivity contribution in [1.82, 2.24) is 15.2 Å². The predicted octanol–water partition coefficient (Wildman–Crippen LogP) is 8.71. The van der Waals surface area contributed by atoms with Crippen LogP contribution >= 0.6 is 11.6 Å². The average Bonchev–Trinajstić information content (AvgIpc) is 3.09. The van der Waals surface area contributed by atoms with Crippen molar-refractivity contribution in [2.45, 2.75) is 44.6 Å². The Labute approximate surface area is 284 Å². The minimum Gasteiger partial charge on any atom is -0.492 e. The molecular formula is C39H37ClF3N3O2. The van der Waals surface area contributed by atoms with Crippen LogP contribution in [0.4, 0.5) is 13.2 Å². The molecule has 1 aromatic heterocycles. The molecule has 1 N–H and O–H groups in total. The van der Waals surface area contributed by atoms with Crippen LogP contribution in [0.25, 0.3) is 0 Å². The Morgan fingerprint density at radius 2 is 1.54 bits per heavy atom. The van der Waals surface area contributed by atoms with Gasteiger partial charge in [0.05, 0.1) is 17.0 Å². The summed E-state index contributed by atoms with van der Waals surface area (Å²) in [7, 11) is 0. The van der Waals surface area contributed by atoms with Gasteiger partial charge in [0, 0.05) is 44.0 Å². The number of benzene rings is 4. The molecule has 0 saturated heterocycles. The zero-order valence-electron chi connectivity index (χ0n) is 26.5. The van der Waals surface area contributed by atoms with Crippen LogP contribution in [0.15, 0.2) is 128 Å². The van der Waals surface area contributed by atoms with E-state index in [0.717, 1.165) is 28.3 Å². The lowest BCUT2D eigenvalue weighted by Gasteiger charge is -2.33. The minimum atomic E-state index is -4.57. The summed E-state index contributed by atoms with van der Waals surface area (Å²) in [6, 6.07) is 35.0. The number of ether oxygens (including phenoxy) is 1. The van der Waals surface area contributed by atoms with Crippen LogP contribution < -0.4 is 10.1 Å².